The molecule has 17 atom stereocenters. The van der Waals surface area contributed by atoms with Gasteiger partial charge in [-0.05, 0) is 109 Å². The van der Waals surface area contributed by atoms with Crippen molar-refractivity contribution < 1.29 is 59.5 Å². The van der Waals surface area contributed by atoms with Gasteiger partial charge in [-0.3, -0.25) is 4.79 Å². The monoisotopic (exact) mass is 750 g/mol. The highest BCUT2D eigenvalue weighted by molar-refractivity contribution is 5.79. The van der Waals surface area contributed by atoms with Crippen LogP contribution in [-0.4, -0.2) is 116 Å². The number of carbonyl (C=O) groups is 1. The van der Waals surface area contributed by atoms with Gasteiger partial charge in [0.25, 0.3) is 0 Å². The molecule has 0 amide bonds. The van der Waals surface area contributed by atoms with E-state index in [0.29, 0.717) is 24.7 Å². The number of aliphatic hydroxyl groups excluding tert-OH is 7. The molecule has 0 aromatic rings. The Balaban J connectivity index is 1.16. The smallest absolute Gasteiger partial charge is 0.315 e. The van der Waals surface area contributed by atoms with Gasteiger partial charge in [0.2, 0.25) is 6.29 Å². The van der Waals surface area contributed by atoms with Crippen LogP contribution in [0.3, 0.4) is 0 Å². The van der Waals surface area contributed by atoms with Crippen LogP contribution in [0.2, 0.25) is 0 Å². The fraction of sp³-hybridized carbons (Fsp3) is 0.927. The summed E-state index contributed by atoms with van der Waals surface area (Å²) in [7, 11) is 0. The molecule has 0 spiro atoms. The summed E-state index contributed by atoms with van der Waals surface area (Å²) in [6.45, 7) is 15.7. The minimum atomic E-state index is -1.53. The number of ether oxygens (including phenoxy) is 4. The topological polar surface area (TPSA) is 196 Å². The molecule has 7 aliphatic rings. The number of rotatable bonds is 5. The van der Waals surface area contributed by atoms with Crippen molar-refractivity contribution in [2.24, 2.45) is 50.2 Å². The summed E-state index contributed by atoms with van der Waals surface area (Å²) in [4.78, 5) is 14.4. The summed E-state index contributed by atoms with van der Waals surface area (Å²) in [6, 6.07) is 0. The molecule has 2 aliphatic heterocycles. The fourth-order valence-electron chi connectivity index (χ4n) is 13.3. The van der Waals surface area contributed by atoms with Crippen LogP contribution in [0.15, 0.2) is 11.6 Å². The molecule has 53 heavy (non-hydrogen) atoms. The third kappa shape index (κ3) is 5.94. The van der Waals surface area contributed by atoms with Crippen LogP contribution in [0, 0.1) is 50.2 Å². The summed E-state index contributed by atoms with van der Waals surface area (Å²) in [5.41, 5.74) is 0.123. The average Bonchev–Trinajstić information content (AvgIpc) is 3.09. The van der Waals surface area contributed by atoms with E-state index in [4.69, 9.17) is 18.9 Å². The number of hydrogen-bond donors (Lipinski definition) is 7. The van der Waals surface area contributed by atoms with E-state index in [9.17, 15) is 40.5 Å². The third-order valence-corrected chi connectivity index (χ3v) is 16.8. The maximum Gasteiger partial charge on any atom is 0.315 e. The molecule has 6 fully saturated rings. The summed E-state index contributed by atoms with van der Waals surface area (Å²) in [5, 5.41) is 72.3. The summed E-state index contributed by atoms with van der Waals surface area (Å²) < 4.78 is 23.8. The molecule has 0 aromatic heterocycles. The van der Waals surface area contributed by atoms with E-state index in [2.05, 4.69) is 54.5 Å². The molecule has 0 aromatic carbocycles. The number of fused-ring (bicyclic) bond motifs is 7. The quantitative estimate of drug-likeness (QED) is 0.124. The second-order valence-electron chi connectivity index (χ2n) is 20.2. The number of hydrogen-bond acceptors (Lipinski definition) is 12. The molecule has 4 saturated carbocycles. The van der Waals surface area contributed by atoms with Crippen molar-refractivity contribution in [3.05, 3.63) is 11.6 Å². The van der Waals surface area contributed by atoms with E-state index >= 15 is 0 Å². The van der Waals surface area contributed by atoms with Crippen molar-refractivity contribution in [3.8, 4) is 0 Å². The Morgan fingerprint density at radius 2 is 1.47 bits per heavy atom. The van der Waals surface area contributed by atoms with E-state index in [1.165, 1.54) is 5.57 Å². The zero-order valence-electron chi connectivity index (χ0n) is 32.7. The minimum Gasteiger partial charge on any atom is -0.432 e. The van der Waals surface area contributed by atoms with Gasteiger partial charge in [0.05, 0.1) is 24.7 Å². The maximum atomic E-state index is 14.4. The van der Waals surface area contributed by atoms with Crippen molar-refractivity contribution >= 4 is 5.97 Å². The van der Waals surface area contributed by atoms with Gasteiger partial charge >= 0.3 is 5.97 Å². The van der Waals surface area contributed by atoms with Gasteiger partial charge in [0, 0.05) is 0 Å². The number of carbonyl (C=O) groups excluding carboxylic acids is 1. The molecular formula is C41H66O12. The van der Waals surface area contributed by atoms with Crippen LogP contribution in [0.25, 0.3) is 0 Å². The molecule has 2 heterocycles. The fourth-order valence-corrected chi connectivity index (χ4v) is 13.3. The molecule has 0 bridgehead atoms. The summed E-state index contributed by atoms with van der Waals surface area (Å²) >= 11 is 0. The zero-order chi connectivity index (χ0) is 38.7. The number of aliphatic hydroxyl groups is 7. The lowest BCUT2D eigenvalue weighted by molar-refractivity contribution is -0.330. The largest absolute Gasteiger partial charge is 0.432 e. The zero-order valence-corrected chi connectivity index (χ0v) is 32.7. The van der Waals surface area contributed by atoms with Gasteiger partial charge in [-0.15, -0.1) is 0 Å². The maximum absolute atomic E-state index is 14.4. The van der Waals surface area contributed by atoms with Crippen LogP contribution in [-0.2, 0) is 23.7 Å². The number of allylic oxidation sites excluding steroid dienone is 2. The normalized spacial score (nSPS) is 53.2. The van der Waals surface area contributed by atoms with Crippen LogP contribution in [0.5, 0.6) is 0 Å². The van der Waals surface area contributed by atoms with Crippen molar-refractivity contribution in [2.75, 3.05) is 13.2 Å². The van der Waals surface area contributed by atoms with E-state index in [1.807, 2.05) is 0 Å². The Labute approximate surface area is 314 Å². The van der Waals surface area contributed by atoms with Gasteiger partial charge in [0.1, 0.15) is 42.7 Å². The van der Waals surface area contributed by atoms with Gasteiger partial charge in [-0.25, -0.2) is 0 Å². The average molecular weight is 751 g/mol. The highest BCUT2D eigenvalue weighted by Gasteiger charge is 2.70. The van der Waals surface area contributed by atoms with Crippen LogP contribution in [0.1, 0.15) is 113 Å². The first-order valence-electron chi connectivity index (χ1n) is 20.2. The highest BCUT2D eigenvalue weighted by atomic mass is 16.7. The molecule has 302 valence electrons. The van der Waals surface area contributed by atoms with Crippen molar-refractivity contribution in [1.82, 2.24) is 0 Å². The second kappa shape index (κ2) is 13.5. The predicted molar refractivity (Wildman–Crippen MR) is 192 cm³/mol. The molecule has 12 nitrogen and oxygen atoms in total. The summed E-state index contributed by atoms with van der Waals surface area (Å²) in [5.74, 6) is 0.272. The number of esters is 1. The molecule has 1 unspecified atom stereocenters. The first kappa shape index (κ1) is 40.0. The predicted octanol–water partition coefficient (Wildman–Crippen LogP) is 2.96. The van der Waals surface area contributed by atoms with E-state index < -0.39 is 67.3 Å². The van der Waals surface area contributed by atoms with Gasteiger partial charge in [0.15, 0.2) is 6.29 Å². The molecule has 12 heteroatoms. The van der Waals surface area contributed by atoms with Crippen LogP contribution >= 0.6 is 0 Å². The van der Waals surface area contributed by atoms with Crippen molar-refractivity contribution in [3.63, 3.8) is 0 Å². The molecular weight excluding hydrogens is 684 g/mol. The van der Waals surface area contributed by atoms with Gasteiger partial charge in [-0.1, -0.05) is 60.1 Å². The Kier molecular flexibility index (Phi) is 10.2. The van der Waals surface area contributed by atoms with Crippen LogP contribution in [0.4, 0.5) is 0 Å². The van der Waals surface area contributed by atoms with Crippen molar-refractivity contribution in [1.29, 1.82) is 0 Å². The third-order valence-electron chi connectivity index (χ3n) is 16.8. The standard InChI is InChI=1S/C41H66O12/c1-36(2)14-16-41(35(49)53-33-31(47)28(44)23(43)20-50-33)17-15-39(6)21(22(41)18-36)8-9-26-38(5)12-11-27(37(3,4)25(38)10-13-40(26,39)7)52-34-32(48)30(46)29(45)24(19-42)51-34/h8,22-34,42-48H,9-20H2,1-7H3/t22-,23+,24+,25-,26+,27-,28?,29+,30-,31-,32+,33-,34-,38-,39+,40+,41-/m0/s1. The van der Waals surface area contributed by atoms with Crippen molar-refractivity contribution in [2.45, 2.75) is 174 Å². The Bertz CT molecular complexity index is 1430. The van der Waals surface area contributed by atoms with Crippen LogP contribution < -0.4 is 0 Å². The second-order valence-corrected chi connectivity index (χ2v) is 20.2. The lowest BCUT2D eigenvalue weighted by Crippen LogP contribution is -2.66. The SMILES string of the molecule is CC1(C)CC[C@]2(C(=O)O[C@@H]3OC[C@@H](O)C(O)[C@@H]3O)CC[C@]3(C)C(=CC[C@@H]4[C@@]5(C)CC[C@H](O[C@@H]6O[C@H](CO)[C@@H](O)[C@H](O)[C@H]6O)C(C)(C)[C@@H]5CC[C@]43C)[C@@H]2C1. The molecule has 7 rings (SSSR count). The van der Waals surface area contributed by atoms with Gasteiger partial charge < -0.3 is 54.7 Å². The molecule has 5 aliphatic carbocycles. The van der Waals surface area contributed by atoms with E-state index in [0.717, 1.165) is 51.4 Å². The first-order valence-corrected chi connectivity index (χ1v) is 20.2. The Hall–Kier alpha value is -1.19. The molecule has 2 saturated heterocycles. The van der Waals surface area contributed by atoms with E-state index in [1.54, 1.807) is 0 Å². The first-order chi connectivity index (χ1) is 24.7. The summed E-state index contributed by atoms with van der Waals surface area (Å²) in [6.07, 6.45) is -1.43. The Morgan fingerprint density at radius 3 is 2.17 bits per heavy atom. The lowest BCUT2D eigenvalue weighted by Gasteiger charge is -2.71. The lowest BCUT2D eigenvalue weighted by atomic mass is 9.33. The highest BCUT2D eigenvalue weighted by Crippen LogP contribution is 2.76. The molecule has 0 radical (unpaired) electrons. The minimum absolute atomic E-state index is 0.0179. The Morgan fingerprint density at radius 1 is 0.792 bits per heavy atom. The van der Waals surface area contributed by atoms with E-state index in [-0.39, 0.29) is 51.7 Å². The van der Waals surface area contributed by atoms with Gasteiger partial charge in [-0.2, -0.15) is 0 Å². The molecule has 7 N–H and O–H groups in total.